The van der Waals surface area contributed by atoms with Crippen molar-refractivity contribution in [3.05, 3.63) is 70.3 Å². The average Bonchev–Trinajstić information content (AvgIpc) is 2.70. The predicted molar refractivity (Wildman–Crippen MR) is 102 cm³/mol. The van der Waals surface area contributed by atoms with Gasteiger partial charge >= 0.3 is 12.1 Å². The number of nitro groups is 1. The first-order valence-electron chi connectivity index (χ1n) is 8.62. The largest absolute Gasteiger partial charge is 0.464 e. The minimum atomic E-state index is -1.08. The first kappa shape index (κ1) is 20.7. The summed E-state index contributed by atoms with van der Waals surface area (Å²) in [5, 5.41) is 16.3. The fourth-order valence-corrected chi connectivity index (χ4v) is 2.34. The summed E-state index contributed by atoms with van der Waals surface area (Å²) in [5.74, 6) is -0.676. The molecule has 0 bridgehead atoms. The summed E-state index contributed by atoms with van der Waals surface area (Å²) >= 11 is 0. The van der Waals surface area contributed by atoms with E-state index in [-0.39, 0.29) is 31.1 Å². The lowest BCUT2D eigenvalue weighted by Crippen LogP contribution is -2.46. The molecule has 0 aromatic heterocycles. The van der Waals surface area contributed by atoms with Crippen LogP contribution in [0.3, 0.4) is 0 Å². The van der Waals surface area contributed by atoms with Crippen molar-refractivity contribution in [1.82, 2.24) is 5.32 Å². The molecule has 9 nitrogen and oxygen atoms in total. The highest BCUT2D eigenvalue weighted by Crippen LogP contribution is 2.23. The van der Waals surface area contributed by atoms with Gasteiger partial charge in [0.05, 0.1) is 11.5 Å². The maximum absolute atomic E-state index is 12.1. The molecule has 0 fully saturated rings. The van der Waals surface area contributed by atoms with E-state index in [1.165, 1.54) is 18.2 Å². The number of anilines is 1. The Hall–Kier alpha value is -3.62. The Kier molecular flexibility index (Phi) is 7.77. The average molecular weight is 387 g/mol. The van der Waals surface area contributed by atoms with Gasteiger partial charge in [-0.3, -0.25) is 10.1 Å². The Morgan fingerprint density at radius 2 is 1.75 bits per heavy atom. The van der Waals surface area contributed by atoms with Crippen LogP contribution in [0.2, 0.25) is 0 Å². The number of amides is 1. The zero-order valence-corrected chi connectivity index (χ0v) is 15.3. The van der Waals surface area contributed by atoms with Crippen molar-refractivity contribution in [2.45, 2.75) is 19.6 Å². The van der Waals surface area contributed by atoms with Gasteiger partial charge in [0.15, 0.2) is 0 Å². The number of para-hydroxylation sites is 2. The summed E-state index contributed by atoms with van der Waals surface area (Å²) in [6, 6.07) is 14.0. The molecule has 0 aliphatic heterocycles. The number of carbonyl (C=O) groups excluding carboxylic acids is 2. The molecular formula is C19H21N3O6. The smallest absolute Gasteiger partial charge is 0.408 e. The Bertz CT molecular complexity index is 812. The van der Waals surface area contributed by atoms with E-state index >= 15 is 0 Å². The minimum Gasteiger partial charge on any atom is -0.464 e. The Morgan fingerprint density at radius 1 is 1.07 bits per heavy atom. The van der Waals surface area contributed by atoms with Gasteiger partial charge in [-0.15, -0.1) is 0 Å². The van der Waals surface area contributed by atoms with E-state index in [1.807, 2.05) is 18.2 Å². The van der Waals surface area contributed by atoms with Gasteiger partial charge in [-0.05, 0) is 18.6 Å². The second-order valence-electron chi connectivity index (χ2n) is 5.67. The molecule has 148 valence electrons. The molecule has 1 amide bonds. The molecule has 2 N–H and O–H groups in total. The van der Waals surface area contributed by atoms with Crippen molar-refractivity contribution in [2.24, 2.45) is 0 Å². The highest BCUT2D eigenvalue weighted by molar-refractivity contribution is 5.82. The number of rotatable bonds is 9. The third-order valence-corrected chi connectivity index (χ3v) is 3.67. The van der Waals surface area contributed by atoms with Crippen LogP contribution in [0.4, 0.5) is 16.2 Å². The maximum Gasteiger partial charge on any atom is 0.408 e. The quantitative estimate of drug-likeness (QED) is 0.386. The van der Waals surface area contributed by atoms with E-state index in [9.17, 15) is 19.7 Å². The van der Waals surface area contributed by atoms with Gasteiger partial charge in [-0.1, -0.05) is 42.5 Å². The number of hydrogen-bond donors (Lipinski definition) is 2. The third-order valence-electron chi connectivity index (χ3n) is 3.67. The molecular weight excluding hydrogens is 366 g/mol. The first-order valence-corrected chi connectivity index (χ1v) is 8.62. The molecule has 0 saturated heterocycles. The van der Waals surface area contributed by atoms with Crippen molar-refractivity contribution in [3.8, 4) is 0 Å². The summed E-state index contributed by atoms with van der Waals surface area (Å²) in [6.07, 6.45) is -0.800. The maximum atomic E-state index is 12.1. The van der Waals surface area contributed by atoms with Crippen LogP contribution in [0.1, 0.15) is 12.5 Å². The van der Waals surface area contributed by atoms with Gasteiger partial charge in [-0.2, -0.15) is 0 Å². The van der Waals surface area contributed by atoms with Crippen LogP contribution in [-0.2, 0) is 20.9 Å². The molecule has 2 aromatic carbocycles. The van der Waals surface area contributed by atoms with Crippen molar-refractivity contribution in [3.63, 3.8) is 0 Å². The molecule has 0 unspecified atom stereocenters. The number of esters is 1. The molecule has 0 radical (unpaired) electrons. The van der Waals surface area contributed by atoms with Crippen LogP contribution >= 0.6 is 0 Å². The van der Waals surface area contributed by atoms with E-state index in [2.05, 4.69) is 10.6 Å². The second kappa shape index (κ2) is 10.5. The predicted octanol–water partition coefficient (Wildman–Crippen LogP) is 2.86. The Labute approximate surface area is 161 Å². The van der Waals surface area contributed by atoms with Gasteiger partial charge in [0.1, 0.15) is 18.3 Å². The third kappa shape index (κ3) is 6.27. The molecule has 9 heteroatoms. The SMILES string of the molecule is CCOC(=O)[C@H](CNc1ccccc1[N+](=O)[O-])NC(=O)OCc1ccccc1. The lowest BCUT2D eigenvalue weighted by molar-refractivity contribution is -0.384. The van der Waals surface area contributed by atoms with Gasteiger partial charge in [0.2, 0.25) is 0 Å². The van der Waals surface area contributed by atoms with Crippen LogP contribution in [0.25, 0.3) is 0 Å². The highest BCUT2D eigenvalue weighted by atomic mass is 16.6. The zero-order chi connectivity index (χ0) is 20.4. The number of hydrogen-bond acceptors (Lipinski definition) is 7. The van der Waals surface area contributed by atoms with Crippen molar-refractivity contribution in [2.75, 3.05) is 18.5 Å². The van der Waals surface area contributed by atoms with Crippen molar-refractivity contribution >= 4 is 23.4 Å². The number of carbonyl (C=O) groups is 2. The summed E-state index contributed by atoms with van der Waals surface area (Å²) in [5.41, 5.74) is 0.876. The van der Waals surface area contributed by atoms with Gasteiger partial charge in [0.25, 0.3) is 5.69 Å². The van der Waals surface area contributed by atoms with E-state index in [4.69, 9.17) is 9.47 Å². The fourth-order valence-electron chi connectivity index (χ4n) is 2.34. The molecule has 0 spiro atoms. The summed E-state index contributed by atoms with van der Waals surface area (Å²) < 4.78 is 10.1. The molecule has 0 heterocycles. The van der Waals surface area contributed by atoms with Gasteiger partial charge in [-0.25, -0.2) is 9.59 Å². The molecule has 2 rings (SSSR count). The molecule has 28 heavy (non-hydrogen) atoms. The normalized spacial score (nSPS) is 11.2. The number of benzene rings is 2. The van der Waals surface area contributed by atoms with Crippen LogP contribution in [-0.4, -0.2) is 36.2 Å². The lowest BCUT2D eigenvalue weighted by Gasteiger charge is -2.18. The first-order chi connectivity index (χ1) is 13.5. The van der Waals surface area contributed by atoms with Crippen LogP contribution in [0, 0.1) is 10.1 Å². The standard InChI is InChI=1S/C19H21N3O6/c1-2-27-18(23)16(12-20-15-10-6-7-11-17(15)22(25)26)21-19(24)28-13-14-8-4-3-5-9-14/h3-11,16,20H,2,12-13H2,1H3,(H,21,24)/t16-/m0/s1. The Morgan fingerprint density at radius 3 is 2.43 bits per heavy atom. The molecule has 1 atom stereocenters. The van der Waals surface area contributed by atoms with Crippen molar-refractivity contribution < 1.29 is 24.0 Å². The number of ether oxygens (including phenoxy) is 2. The lowest BCUT2D eigenvalue weighted by atomic mass is 10.2. The number of nitrogens with zero attached hydrogens (tertiary/aromatic N) is 1. The summed E-state index contributed by atoms with van der Waals surface area (Å²) in [7, 11) is 0. The van der Waals surface area contributed by atoms with Crippen LogP contribution in [0.15, 0.2) is 54.6 Å². The summed E-state index contributed by atoms with van der Waals surface area (Å²) in [6.45, 7) is 1.70. The zero-order valence-electron chi connectivity index (χ0n) is 15.3. The van der Waals surface area contributed by atoms with E-state index < -0.39 is 23.0 Å². The molecule has 0 saturated carbocycles. The van der Waals surface area contributed by atoms with E-state index in [0.29, 0.717) is 0 Å². The van der Waals surface area contributed by atoms with Crippen LogP contribution in [0.5, 0.6) is 0 Å². The summed E-state index contributed by atoms with van der Waals surface area (Å²) in [4.78, 5) is 34.7. The number of alkyl carbamates (subject to hydrolysis) is 1. The second-order valence-corrected chi connectivity index (χ2v) is 5.67. The van der Waals surface area contributed by atoms with Crippen LogP contribution < -0.4 is 10.6 Å². The molecule has 0 aliphatic carbocycles. The minimum absolute atomic E-state index is 0.0415. The number of nitrogens with one attached hydrogen (secondary N) is 2. The fraction of sp³-hybridized carbons (Fsp3) is 0.263. The molecule has 0 aliphatic rings. The van der Waals surface area contributed by atoms with E-state index in [0.717, 1.165) is 5.56 Å². The number of nitro benzene ring substituents is 1. The highest BCUT2D eigenvalue weighted by Gasteiger charge is 2.24. The molecule has 2 aromatic rings. The topological polar surface area (TPSA) is 120 Å². The Balaban J connectivity index is 1.98. The van der Waals surface area contributed by atoms with Gasteiger partial charge < -0.3 is 20.1 Å². The monoisotopic (exact) mass is 387 g/mol. The van der Waals surface area contributed by atoms with E-state index in [1.54, 1.807) is 25.1 Å². The van der Waals surface area contributed by atoms with Crippen molar-refractivity contribution in [1.29, 1.82) is 0 Å². The van der Waals surface area contributed by atoms with Gasteiger partial charge in [0, 0.05) is 12.6 Å².